The first kappa shape index (κ1) is 14.4. The van der Waals surface area contributed by atoms with Crippen LogP contribution in [0.1, 0.15) is 17.2 Å². The van der Waals surface area contributed by atoms with Gasteiger partial charge in [0.25, 0.3) is 0 Å². The zero-order chi connectivity index (χ0) is 13.8. The molecule has 0 spiro atoms. The summed E-state index contributed by atoms with van der Waals surface area (Å²) in [7, 11) is -1.30. The molecule has 0 heterocycles. The number of aryl methyl sites for hydroxylation is 1. The standard InChI is InChI=1S/C15H15BrO2S/c1-11-7-9-13(10-8-11)19(18)15(16)14(17)12-5-3-2-4-6-12/h2-10,14-15,17H,1H3/t14-,15+,19-/m0/s1. The molecule has 3 atom stereocenters. The molecule has 0 aliphatic carbocycles. The molecule has 19 heavy (non-hydrogen) atoms. The number of rotatable bonds is 4. The minimum absolute atomic E-state index is 0.530. The van der Waals surface area contributed by atoms with Gasteiger partial charge >= 0.3 is 0 Å². The molecule has 100 valence electrons. The minimum Gasteiger partial charge on any atom is -0.386 e. The van der Waals surface area contributed by atoms with Gasteiger partial charge in [0.2, 0.25) is 0 Å². The molecule has 0 saturated heterocycles. The van der Waals surface area contributed by atoms with Crippen molar-refractivity contribution < 1.29 is 9.32 Å². The summed E-state index contributed by atoms with van der Waals surface area (Å²) in [4.78, 5) is 0.711. The van der Waals surface area contributed by atoms with Gasteiger partial charge in [-0.3, -0.25) is 4.21 Å². The third-order valence-corrected chi connectivity index (χ3v) is 5.77. The van der Waals surface area contributed by atoms with Gasteiger partial charge in [0.1, 0.15) is 10.3 Å². The summed E-state index contributed by atoms with van der Waals surface area (Å²) in [6.07, 6.45) is -0.802. The van der Waals surface area contributed by atoms with Gasteiger partial charge in [-0.15, -0.1) is 0 Å². The first-order valence-corrected chi connectivity index (χ1v) is 8.07. The highest BCUT2D eigenvalue weighted by Crippen LogP contribution is 2.28. The van der Waals surface area contributed by atoms with Crippen LogP contribution in [0, 0.1) is 6.92 Å². The minimum atomic E-state index is -1.30. The predicted octanol–water partition coefficient (Wildman–Crippen LogP) is 3.56. The van der Waals surface area contributed by atoms with Crippen molar-refractivity contribution in [1.29, 1.82) is 0 Å². The van der Waals surface area contributed by atoms with E-state index in [0.717, 1.165) is 11.1 Å². The Morgan fingerprint density at radius 3 is 2.21 bits per heavy atom. The van der Waals surface area contributed by atoms with Crippen LogP contribution in [0.2, 0.25) is 0 Å². The summed E-state index contributed by atoms with van der Waals surface area (Å²) in [5.74, 6) is 0. The van der Waals surface area contributed by atoms with Crippen molar-refractivity contribution >= 4 is 26.7 Å². The number of hydrogen-bond donors (Lipinski definition) is 1. The molecule has 0 aromatic heterocycles. The van der Waals surface area contributed by atoms with E-state index in [0.29, 0.717) is 4.90 Å². The average molecular weight is 339 g/mol. The highest BCUT2D eigenvalue weighted by molar-refractivity contribution is 9.11. The Morgan fingerprint density at radius 1 is 1.05 bits per heavy atom. The molecule has 0 fully saturated rings. The first-order chi connectivity index (χ1) is 9.09. The van der Waals surface area contributed by atoms with Gasteiger partial charge in [-0.05, 0) is 24.6 Å². The Hall–Kier alpha value is -0.970. The summed E-state index contributed by atoms with van der Waals surface area (Å²) in [5.41, 5.74) is 1.88. The SMILES string of the molecule is Cc1ccc([S@](=O)[C@@H](Br)[C@@H](O)c2ccccc2)cc1. The van der Waals surface area contributed by atoms with Crippen LogP contribution in [-0.4, -0.2) is 13.5 Å². The molecule has 1 N–H and O–H groups in total. The summed E-state index contributed by atoms with van der Waals surface area (Å²) in [5, 5.41) is 10.2. The van der Waals surface area contributed by atoms with E-state index in [2.05, 4.69) is 15.9 Å². The van der Waals surface area contributed by atoms with Gasteiger partial charge in [0.05, 0.1) is 10.8 Å². The normalized spacial score (nSPS) is 15.7. The molecular formula is C15H15BrO2S. The van der Waals surface area contributed by atoms with E-state index in [4.69, 9.17) is 0 Å². The predicted molar refractivity (Wildman–Crippen MR) is 81.7 cm³/mol. The maximum Gasteiger partial charge on any atom is 0.124 e. The van der Waals surface area contributed by atoms with E-state index in [9.17, 15) is 9.32 Å². The topological polar surface area (TPSA) is 37.3 Å². The molecule has 2 aromatic rings. The average Bonchev–Trinajstić information content (AvgIpc) is 2.46. The van der Waals surface area contributed by atoms with Crippen LogP contribution in [0.25, 0.3) is 0 Å². The molecule has 0 saturated carbocycles. The van der Waals surface area contributed by atoms with E-state index in [1.54, 1.807) is 0 Å². The molecule has 0 bridgehead atoms. The van der Waals surface area contributed by atoms with Crippen LogP contribution in [-0.2, 0) is 10.8 Å². The Morgan fingerprint density at radius 2 is 1.63 bits per heavy atom. The van der Waals surface area contributed by atoms with Crippen LogP contribution in [0.4, 0.5) is 0 Å². The lowest BCUT2D eigenvalue weighted by atomic mass is 10.1. The fourth-order valence-corrected chi connectivity index (χ4v) is 3.73. The van der Waals surface area contributed by atoms with Crippen LogP contribution in [0.5, 0.6) is 0 Å². The highest BCUT2D eigenvalue weighted by Gasteiger charge is 2.24. The van der Waals surface area contributed by atoms with E-state index in [-0.39, 0.29) is 0 Å². The van der Waals surface area contributed by atoms with Gasteiger partial charge < -0.3 is 5.11 Å². The van der Waals surface area contributed by atoms with Crippen molar-refractivity contribution in [3.8, 4) is 0 Å². The largest absolute Gasteiger partial charge is 0.386 e. The van der Waals surface area contributed by atoms with Gasteiger partial charge in [-0.2, -0.15) is 0 Å². The van der Waals surface area contributed by atoms with Crippen molar-refractivity contribution in [3.05, 3.63) is 65.7 Å². The molecule has 0 unspecified atom stereocenters. The second-order valence-corrected chi connectivity index (χ2v) is 7.48. The van der Waals surface area contributed by atoms with Crippen LogP contribution >= 0.6 is 15.9 Å². The molecular weight excluding hydrogens is 324 g/mol. The van der Waals surface area contributed by atoms with Crippen LogP contribution in [0.3, 0.4) is 0 Å². The van der Waals surface area contributed by atoms with Crippen molar-refractivity contribution in [2.45, 2.75) is 22.1 Å². The van der Waals surface area contributed by atoms with E-state index >= 15 is 0 Å². The summed E-state index contributed by atoms with van der Waals surface area (Å²) in [6.45, 7) is 1.98. The van der Waals surface area contributed by atoms with Gasteiger partial charge in [0, 0.05) is 4.90 Å². The number of aliphatic hydroxyl groups is 1. The molecule has 4 heteroatoms. The zero-order valence-corrected chi connectivity index (χ0v) is 12.9. The summed E-state index contributed by atoms with van der Waals surface area (Å²) in [6, 6.07) is 16.7. The Balaban J connectivity index is 2.17. The molecule has 2 rings (SSSR count). The lowest BCUT2D eigenvalue weighted by Gasteiger charge is -2.17. The quantitative estimate of drug-likeness (QED) is 0.865. The number of hydrogen-bond acceptors (Lipinski definition) is 2. The fraction of sp³-hybridized carbons (Fsp3) is 0.200. The first-order valence-electron chi connectivity index (χ1n) is 5.94. The summed E-state index contributed by atoms with van der Waals surface area (Å²) < 4.78 is 11.8. The Bertz CT molecular complexity index is 554. The third kappa shape index (κ3) is 3.53. The Kier molecular flexibility index (Phi) is 4.91. The Labute approximate surface area is 124 Å². The zero-order valence-electron chi connectivity index (χ0n) is 10.5. The fourth-order valence-electron chi connectivity index (χ4n) is 1.72. The second kappa shape index (κ2) is 6.46. The van der Waals surface area contributed by atoms with Gasteiger partial charge in [-0.1, -0.05) is 64.0 Å². The number of halogens is 1. The number of alkyl halides is 1. The monoisotopic (exact) mass is 338 g/mol. The van der Waals surface area contributed by atoms with Gasteiger partial charge in [-0.25, -0.2) is 0 Å². The molecule has 2 aromatic carbocycles. The molecule has 0 aliphatic heterocycles. The van der Waals surface area contributed by atoms with Gasteiger partial charge in [0.15, 0.2) is 0 Å². The maximum absolute atomic E-state index is 12.4. The van der Waals surface area contributed by atoms with Crippen LogP contribution in [0.15, 0.2) is 59.5 Å². The maximum atomic E-state index is 12.4. The van der Waals surface area contributed by atoms with Crippen molar-refractivity contribution in [2.24, 2.45) is 0 Å². The third-order valence-electron chi connectivity index (χ3n) is 2.85. The van der Waals surface area contributed by atoms with E-state index in [1.165, 1.54) is 0 Å². The van der Waals surface area contributed by atoms with Crippen molar-refractivity contribution in [2.75, 3.05) is 0 Å². The highest BCUT2D eigenvalue weighted by atomic mass is 79.9. The second-order valence-electron chi connectivity index (χ2n) is 4.32. The smallest absolute Gasteiger partial charge is 0.124 e. The molecule has 0 aliphatic rings. The lowest BCUT2D eigenvalue weighted by molar-refractivity contribution is 0.196. The molecule has 0 radical (unpaired) electrons. The van der Waals surface area contributed by atoms with E-state index in [1.807, 2.05) is 61.5 Å². The summed E-state index contributed by atoms with van der Waals surface area (Å²) >= 11 is 3.35. The van der Waals surface area contributed by atoms with Crippen molar-refractivity contribution in [1.82, 2.24) is 0 Å². The molecule has 2 nitrogen and oxygen atoms in total. The lowest BCUT2D eigenvalue weighted by Crippen LogP contribution is -2.17. The molecule has 0 amide bonds. The number of benzene rings is 2. The van der Waals surface area contributed by atoms with E-state index < -0.39 is 21.1 Å². The van der Waals surface area contributed by atoms with Crippen molar-refractivity contribution in [3.63, 3.8) is 0 Å². The number of aliphatic hydroxyl groups excluding tert-OH is 1. The van der Waals surface area contributed by atoms with Crippen LogP contribution < -0.4 is 0 Å².